The number of aromatic hydroxyl groups is 2. The Balaban J connectivity index is 1.73. The highest BCUT2D eigenvalue weighted by atomic mass is 79.9. The predicted octanol–water partition coefficient (Wildman–Crippen LogP) is 6.55. The van der Waals surface area contributed by atoms with Gasteiger partial charge in [-0.25, -0.2) is 23.6 Å². The number of ketones is 1. The molecule has 1 aliphatic carbocycles. The minimum Gasteiger partial charge on any atom is -0.507 e. The van der Waals surface area contributed by atoms with Gasteiger partial charge < -0.3 is 39.4 Å². The molecule has 0 aliphatic heterocycles. The number of phenols is 2. The highest BCUT2D eigenvalue weighted by molar-refractivity contribution is 9.10. The van der Waals surface area contributed by atoms with Gasteiger partial charge in [0.05, 0.1) is 12.7 Å². The van der Waals surface area contributed by atoms with Crippen molar-refractivity contribution in [3.8, 4) is 28.7 Å². The molecule has 15 heteroatoms. The second kappa shape index (κ2) is 15.1. The number of allylic oxidation sites excluding steroid dienone is 2. The van der Waals surface area contributed by atoms with Crippen molar-refractivity contribution in [1.29, 1.82) is 0 Å². The van der Waals surface area contributed by atoms with E-state index in [9.17, 15) is 44.4 Å². The van der Waals surface area contributed by atoms with Crippen molar-refractivity contribution in [2.24, 2.45) is 0 Å². The number of methoxy groups -OCH3 is 1. The Labute approximate surface area is 317 Å². The molecule has 4 N–H and O–H groups in total. The van der Waals surface area contributed by atoms with Gasteiger partial charge in [0.1, 0.15) is 38.6 Å². The van der Waals surface area contributed by atoms with Crippen molar-refractivity contribution >= 4 is 45.6 Å². The zero-order valence-corrected chi connectivity index (χ0v) is 32.7. The summed E-state index contributed by atoms with van der Waals surface area (Å²) in [7, 11) is 1.15. The summed E-state index contributed by atoms with van der Waals surface area (Å²) >= 11 is 3.12. The van der Waals surface area contributed by atoms with Crippen molar-refractivity contribution in [2.75, 3.05) is 7.11 Å². The molecule has 0 radical (unpaired) electrons. The van der Waals surface area contributed by atoms with E-state index in [1.165, 1.54) is 27.7 Å². The van der Waals surface area contributed by atoms with Gasteiger partial charge >= 0.3 is 23.9 Å². The van der Waals surface area contributed by atoms with Crippen LogP contribution in [0.25, 0.3) is 0 Å². The molecule has 0 unspecified atom stereocenters. The maximum Gasteiger partial charge on any atom is 0.356 e. The average molecular weight is 814 g/mol. The number of hydrogen-bond acceptors (Lipinski definition) is 12. The first kappa shape index (κ1) is 41.2. The summed E-state index contributed by atoms with van der Waals surface area (Å²) < 4.78 is 37.5. The monoisotopic (exact) mass is 812 g/mol. The molecule has 0 saturated heterocycles. The molecule has 1 atom stereocenters. The lowest BCUT2D eigenvalue weighted by Gasteiger charge is -2.30. The molecule has 0 saturated carbocycles. The largest absolute Gasteiger partial charge is 0.507 e. The van der Waals surface area contributed by atoms with Crippen LogP contribution in [0.5, 0.6) is 28.7 Å². The van der Waals surface area contributed by atoms with Crippen molar-refractivity contribution in [3.05, 3.63) is 95.0 Å². The summed E-state index contributed by atoms with van der Waals surface area (Å²) in [6.45, 7) is 13.0. The van der Waals surface area contributed by atoms with Gasteiger partial charge in [0.2, 0.25) is 5.60 Å². The second-order valence-electron chi connectivity index (χ2n) is 12.8. The van der Waals surface area contributed by atoms with Crippen LogP contribution in [0.3, 0.4) is 0 Å². The van der Waals surface area contributed by atoms with Gasteiger partial charge in [0, 0.05) is 17.2 Å². The Kier molecular flexibility index (Phi) is 11.5. The highest BCUT2D eigenvalue weighted by Gasteiger charge is 2.48. The summed E-state index contributed by atoms with van der Waals surface area (Å²) in [6.07, 6.45) is 1.80. The maximum absolute atomic E-state index is 16.1. The molecule has 3 aromatic carbocycles. The third kappa shape index (κ3) is 6.62. The van der Waals surface area contributed by atoms with Gasteiger partial charge in [-0.2, -0.15) is 0 Å². The minimum atomic E-state index is -2.50. The fourth-order valence-corrected chi connectivity index (χ4v) is 6.86. The van der Waals surface area contributed by atoms with Crippen molar-refractivity contribution < 1.29 is 67.7 Å². The van der Waals surface area contributed by atoms with Crippen molar-refractivity contribution in [1.82, 2.24) is 0 Å². The first-order chi connectivity index (χ1) is 25.1. The number of benzene rings is 3. The molecule has 0 fully saturated rings. The van der Waals surface area contributed by atoms with Gasteiger partial charge in [0.25, 0.3) is 0 Å². The summed E-state index contributed by atoms with van der Waals surface area (Å²) in [4.78, 5) is 64.4. The lowest BCUT2D eigenvalue weighted by atomic mass is 9.87. The van der Waals surface area contributed by atoms with E-state index in [-0.39, 0.29) is 50.2 Å². The first-order valence-corrected chi connectivity index (χ1v) is 17.1. The van der Waals surface area contributed by atoms with Crippen LogP contribution in [-0.4, -0.2) is 62.8 Å². The van der Waals surface area contributed by atoms with Crippen LogP contribution < -0.4 is 14.2 Å². The zero-order valence-electron chi connectivity index (χ0n) is 31.1. The zero-order chi connectivity index (χ0) is 40.9. The fourth-order valence-electron chi connectivity index (χ4n) is 6.28. The lowest BCUT2D eigenvalue weighted by molar-refractivity contribution is -0.151. The Morgan fingerprint density at radius 3 is 1.70 bits per heavy atom. The van der Waals surface area contributed by atoms with E-state index >= 15 is 4.39 Å². The molecular formula is C39H38BrFO13. The highest BCUT2D eigenvalue weighted by Crippen LogP contribution is 2.45. The minimum absolute atomic E-state index is 0.0222. The molecule has 0 aromatic heterocycles. The number of phenolic OH excluding ortho intramolecular Hbond substituents is 2. The molecular weight excluding hydrogens is 775 g/mol. The van der Waals surface area contributed by atoms with Crippen molar-refractivity contribution in [2.45, 2.75) is 74.3 Å². The van der Waals surface area contributed by atoms with Gasteiger partial charge in [-0.1, -0.05) is 6.92 Å². The molecule has 13 nitrogen and oxygen atoms in total. The number of rotatable bonds is 9. The van der Waals surface area contributed by atoms with Gasteiger partial charge in [0.15, 0.2) is 23.1 Å². The van der Waals surface area contributed by atoms with E-state index in [0.717, 1.165) is 26.2 Å². The number of esters is 3. The van der Waals surface area contributed by atoms with E-state index in [4.69, 9.17) is 18.9 Å². The summed E-state index contributed by atoms with van der Waals surface area (Å²) in [6, 6.07) is 0. The van der Waals surface area contributed by atoms with Gasteiger partial charge in [-0.05, 0) is 123 Å². The smallest absolute Gasteiger partial charge is 0.356 e. The average Bonchev–Trinajstić information content (AvgIpc) is 3.10. The van der Waals surface area contributed by atoms with Crippen LogP contribution >= 0.6 is 15.9 Å². The number of carbonyl (C=O) groups is 5. The van der Waals surface area contributed by atoms with Crippen LogP contribution in [-0.2, 0) is 20.7 Å². The lowest BCUT2D eigenvalue weighted by Crippen LogP contribution is -2.47. The Bertz CT molecular complexity index is 2210. The van der Waals surface area contributed by atoms with Crippen LogP contribution in [0.15, 0.2) is 28.0 Å². The molecule has 0 heterocycles. The SMILES string of the molecule is CCc1c(O)c(C(=O)Oc2c(C)c(C)c(C(=O)O)c(C)c2C)c(C)c(F)c1OC(=O)c1c(C)c(C)c(OC(=O)[C@@]2(O)C(C)=CC(=O)C=C2OC)c(Br)c1O. The molecule has 3 aromatic rings. The van der Waals surface area contributed by atoms with Crippen LogP contribution in [0.1, 0.15) is 89.4 Å². The molecule has 0 amide bonds. The number of carboxylic acids is 1. The molecule has 0 spiro atoms. The topological polar surface area (TPSA) is 203 Å². The summed E-state index contributed by atoms with van der Waals surface area (Å²) in [5.74, 6) is -9.49. The maximum atomic E-state index is 16.1. The number of ether oxygens (including phenoxy) is 4. The number of carboxylic acid groups (broad SMARTS) is 1. The van der Waals surface area contributed by atoms with Crippen LogP contribution in [0.4, 0.5) is 4.39 Å². The van der Waals surface area contributed by atoms with E-state index in [1.54, 1.807) is 27.7 Å². The van der Waals surface area contributed by atoms with E-state index in [1.807, 2.05) is 0 Å². The third-order valence-corrected chi connectivity index (χ3v) is 10.5. The summed E-state index contributed by atoms with van der Waals surface area (Å²) in [5.41, 5.74) is -2.72. The predicted molar refractivity (Wildman–Crippen MR) is 194 cm³/mol. The van der Waals surface area contributed by atoms with Gasteiger partial charge in [-0.3, -0.25) is 4.79 Å². The second-order valence-corrected chi connectivity index (χ2v) is 13.6. The fraction of sp³-hybridized carbons (Fsp3) is 0.308. The number of aromatic carboxylic acids is 1. The molecule has 0 bridgehead atoms. The number of hydrogen-bond donors (Lipinski definition) is 4. The van der Waals surface area contributed by atoms with E-state index in [2.05, 4.69) is 15.9 Å². The quantitative estimate of drug-likeness (QED) is 0.134. The van der Waals surface area contributed by atoms with Gasteiger partial charge in [-0.15, -0.1) is 0 Å². The number of halogens is 2. The Morgan fingerprint density at radius 2 is 1.20 bits per heavy atom. The Hall–Kier alpha value is -5.54. The van der Waals surface area contributed by atoms with E-state index in [0.29, 0.717) is 22.3 Å². The standard InChI is InChI=1S/C39H38BrFO13/c1-11-23-30(43)27(37(48)52-32-18(6)15(3)25(35(45)46)16(4)19(32)7)21(9)29(41)34(23)53-36(47)26-17(5)20(8)33(28(40)31(26)44)54-38(49)39(50)14(2)12-22(42)13-24(39)51-10/h12-13,43-44,50H,11H2,1-10H3,(H,45,46)/t39-/m1/s1. The normalized spacial score (nSPS) is 15.3. The van der Waals surface area contributed by atoms with Crippen LogP contribution in [0, 0.1) is 54.3 Å². The Morgan fingerprint density at radius 1 is 0.722 bits per heavy atom. The molecule has 1 aliphatic rings. The molecule has 4 rings (SSSR count). The molecule has 286 valence electrons. The van der Waals surface area contributed by atoms with E-state index < -0.39 is 80.8 Å². The number of aliphatic hydroxyl groups is 1. The summed E-state index contributed by atoms with van der Waals surface area (Å²) in [5, 5.41) is 43.4. The third-order valence-electron chi connectivity index (χ3n) is 9.81. The van der Waals surface area contributed by atoms with Crippen molar-refractivity contribution in [3.63, 3.8) is 0 Å². The molecule has 54 heavy (non-hydrogen) atoms. The van der Waals surface area contributed by atoms with Crippen LogP contribution in [0.2, 0.25) is 0 Å². The first-order valence-electron chi connectivity index (χ1n) is 16.3. The number of carbonyl (C=O) groups excluding carboxylic acids is 4.